The fourth-order valence-corrected chi connectivity index (χ4v) is 2.27. The van der Waals surface area contributed by atoms with Crippen molar-refractivity contribution < 1.29 is 28.5 Å². The summed E-state index contributed by atoms with van der Waals surface area (Å²) in [4.78, 5) is 23.4. The molecule has 0 aliphatic carbocycles. The third-order valence-corrected chi connectivity index (χ3v) is 3.34. The van der Waals surface area contributed by atoms with Gasteiger partial charge in [0, 0.05) is 26.6 Å². The van der Waals surface area contributed by atoms with E-state index in [1.54, 1.807) is 13.8 Å². The van der Waals surface area contributed by atoms with Gasteiger partial charge in [-0.3, -0.25) is 9.59 Å². The molecule has 1 rings (SSSR count). The molecule has 1 heterocycles. The van der Waals surface area contributed by atoms with Crippen molar-refractivity contribution in [3.8, 4) is 0 Å². The molecule has 0 amide bonds. The smallest absolute Gasteiger partial charge is 0.321 e. The van der Waals surface area contributed by atoms with Gasteiger partial charge in [-0.2, -0.15) is 0 Å². The maximum absolute atomic E-state index is 11.8. The van der Waals surface area contributed by atoms with Crippen LogP contribution in [0.25, 0.3) is 0 Å². The normalized spacial score (nSPS) is 26.2. The van der Waals surface area contributed by atoms with E-state index in [9.17, 15) is 9.59 Å². The van der Waals surface area contributed by atoms with Crippen LogP contribution in [0.15, 0.2) is 0 Å². The van der Waals surface area contributed by atoms with Gasteiger partial charge >= 0.3 is 11.9 Å². The quantitative estimate of drug-likeness (QED) is 0.412. The maximum Gasteiger partial charge on any atom is 0.321 e. The lowest BCUT2D eigenvalue weighted by Crippen LogP contribution is -2.37. The largest absolute Gasteiger partial charge is 0.468 e. The summed E-state index contributed by atoms with van der Waals surface area (Å²) in [6, 6.07) is 0. The number of carbonyl (C=O) groups is 2. The van der Waals surface area contributed by atoms with Crippen molar-refractivity contribution in [1.29, 1.82) is 0 Å². The Kier molecular flexibility index (Phi) is 4.70. The summed E-state index contributed by atoms with van der Waals surface area (Å²) < 4.78 is 20.1. The Morgan fingerprint density at radius 2 is 1.89 bits per heavy atom. The average molecular weight is 260 g/mol. The highest BCUT2D eigenvalue weighted by molar-refractivity contribution is 5.97. The summed E-state index contributed by atoms with van der Waals surface area (Å²) in [5, 5.41) is 0. The molecule has 1 fully saturated rings. The van der Waals surface area contributed by atoms with E-state index in [0.29, 0.717) is 6.42 Å². The van der Waals surface area contributed by atoms with Gasteiger partial charge in [-0.1, -0.05) is 0 Å². The van der Waals surface area contributed by atoms with E-state index in [4.69, 9.17) is 14.2 Å². The van der Waals surface area contributed by atoms with Crippen molar-refractivity contribution >= 4 is 11.9 Å². The number of methoxy groups -OCH3 is 3. The van der Waals surface area contributed by atoms with Crippen molar-refractivity contribution in [1.82, 2.24) is 0 Å². The second-order valence-corrected chi connectivity index (χ2v) is 4.77. The Bertz CT molecular complexity index is 321. The van der Waals surface area contributed by atoms with Gasteiger partial charge in [-0.25, -0.2) is 0 Å². The molecule has 0 aromatic heterocycles. The molecular formula is C12H20O6. The van der Waals surface area contributed by atoms with Crippen molar-refractivity contribution in [2.24, 2.45) is 11.8 Å². The monoisotopic (exact) mass is 260 g/mol. The fraction of sp³-hybridized carbons (Fsp3) is 0.833. The lowest BCUT2D eigenvalue weighted by molar-refractivity contribution is -0.156. The van der Waals surface area contributed by atoms with Crippen LogP contribution in [-0.2, 0) is 28.5 Å². The van der Waals surface area contributed by atoms with Gasteiger partial charge in [0.1, 0.15) is 5.60 Å². The van der Waals surface area contributed by atoms with Crippen LogP contribution in [0.5, 0.6) is 0 Å². The predicted octanol–water partition coefficient (Wildman–Crippen LogP) is 0.736. The molecule has 6 nitrogen and oxygen atoms in total. The number of rotatable bonds is 5. The Hall–Kier alpha value is -1.14. The molecule has 0 saturated carbocycles. The number of esters is 2. The van der Waals surface area contributed by atoms with Crippen molar-refractivity contribution in [2.45, 2.75) is 32.2 Å². The molecule has 0 bridgehead atoms. The number of hydrogen-bond acceptors (Lipinski definition) is 6. The first-order valence-corrected chi connectivity index (χ1v) is 5.73. The van der Waals surface area contributed by atoms with E-state index in [1.807, 2.05) is 0 Å². The molecule has 0 aromatic carbocycles. The first-order chi connectivity index (χ1) is 8.37. The summed E-state index contributed by atoms with van der Waals surface area (Å²) in [7, 11) is 4.26. The molecule has 0 N–H and O–H groups in total. The van der Waals surface area contributed by atoms with E-state index in [2.05, 4.69) is 4.74 Å². The van der Waals surface area contributed by atoms with E-state index in [-0.39, 0.29) is 5.92 Å². The van der Waals surface area contributed by atoms with Gasteiger partial charge in [0.05, 0.1) is 7.11 Å². The van der Waals surface area contributed by atoms with Crippen LogP contribution < -0.4 is 0 Å². The van der Waals surface area contributed by atoms with Gasteiger partial charge in [0.15, 0.2) is 12.2 Å². The lowest BCUT2D eigenvalue weighted by Gasteiger charge is -2.28. The summed E-state index contributed by atoms with van der Waals surface area (Å²) in [6.07, 6.45) is -0.109. The third kappa shape index (κ3) is 2.81. The minimum absolute atomic E-state index is 0.345. The molecule has 2 atom stereocenters. The molecule has 0 radical (unpaired) electrons. The van der Waals surface area contributed by atoms with Crippen LogP contribution in [0.2, 0.25) is 0 Å². The van der Waals surface area contributed by atoms with Crippen LogP contribution in [0, 0.1) is 11.8 Å². The summed E-state index contributed by atoms with van der Waals surface area (Å²) in [5.41, 5.74) is -0.745. The molecular weight excluding hydrogens is 240 g/mol. The summed E-state index contributed by atoms with van der Waals surface area (Å²) in [5.74, 6) is -2.40. The SMILES string of the molecule is COC(=O)[C@@H]1C(=O)OC(C)(C)[C@H]1CC(OC)OC. The molecule has 104 valence electrons. The van der Waals surface area contributed by atoms with Gasteiger partial charge < -0.3 is 18.9 Å². The van der Waals surface area contributed by atoms with Gasteiger partial charge in [0.25, 0.3) is 0 Å². The number of ether oxygens (including phenoxy) is 4. The number of carbonyl (C=O) groups excluding carboxylic acids is 2. The Morgan fingerprint density at radius 1 is 1.33 bits per heavy atom. The molecule has 1 saturated heterocycles. The van der Waals surface area contributed by atoms with Gasteiger partial charge in [-0.15, -0.1) is 0 Å². The van der Waals surface area contributed by atoms with Crippen LogP contribution >= 0.6 is 0 Å². The first kappa shape index (κ1) is 14.9. The van der Waals surface area contributed by atoms with Gasteiger partial charge in [0.2, 0.25) is 0 Å². The highest BCUT2D eigenvalue weighted by Gasteiger charge is 2.54. The Labute approximate surface area is 107 Å². The second-order valence-electron chi connectivity index (χ2n) is 4.77. The minimum Gasteiger partial charge on any atom is -0.468 e. The van der Waals surface area contributed by atoms with E-state index in [1.165, 1.54) is 21.3 Å². The average Bonchev–Trinajstić information content (AvgIpc) is 2.54. The number of hydrogen-bond donors (Lipinski definition) is 0. The molecule has 1 aliphatic heterocycles. The zero-order valence-corrected chi connectivity index (χ0v) is 11.4. The van der Waals surface area contributed by atoms with E-state index in [0.717, 1.165) is 0 Å². The second kappa shape index (κ2) is 5.67. The van der Waals surface area contributed by atoms with E-state index >= 15 is 0 Å². The Balaban J connectivity index is 2.93. The highest BCUT2D eigenvalue weighted by Crippen LogP contribution is 2.40. The summed E-state index contributed by atoms with van der Waals surface area (Å²) in [6.45, 7) is 3.53. The molecule has 0 unspecified atom stereocenters. The van der Waals surface area contributed by atoms with Crippen LogP contribution in [0.1, 0.15) is 20.3 Å². The molecule has 0 spiro atoms. The minimum atomic E-state index is -0.919. The third-order valence-electron chi connectivity index (χ3n) is 3.34. The number of cyclic esters (lactones) is 1. The highest BCUT2D eigenvalue weighted by atomic mass is 16.7. The topological polar surface area (TPSA) is 71.1 Å². The predicted molar refractivity (Wildman–Crippen MR) is 61.6 cm³/mol. The van der Waals surface area contributed by atoms with Crippen LogP contribution in [0.3, 0.4) is 0 Å². The fourth-order valence-electron chi connectivity index (χ4n) is 2.27. The van der Waals surface area contributed by atoms with Crippen molar-refractivity contribution in [3.05, 3.63) is 0 Å². The molecule has 18 heavy (non-hydrogen) atoms. The Morgan fingerprint density at radius 3 is 2.33 bits per heavy atom. The molecule has 1 aliphatic rings. The zero-order valence-electron chi connectivity index (χ0n) is 11.4. The van der Waals surface area contributed by atoms with Crippen LogP contribution in [-0.4, -0.2) is 45.2 Å². The summed E-state index contributed by atoms with van der Waals surface area (Å²) >= 11 is 0. The van der Waals surface area contributed by atoms with E-state index < -0.39 is 29.7 Å². The maximum atomic E-state index is 11.8. The van der Waals surface area contributed by atoms with Gasteiger partial charge in [-0.05, 0) is 13.8 Å². The molecule has 6 heteroatoms. The van der Waals surface area contributed by atoms with Crippen LogP contribution in [0.4, 0.5) is 0 Å². The standard InChI is InChI=1S/C12H20O6/c1-12(2)7(6-8(15-3)16-4)9(10(13)17-5)11(14)18-12/h7-9H,6H2,1-5H3/t7-,9+/m0/s1. The lowest BCUT2D eigenvalue weighted by atomic mass is 9.80. The van der Waals surface area contributed by atoms with Crippen molar-refractivity contribution in [2.75, 3.05) is 21.3 Å². The van der Waals surface area contributed by atoms with Crippen molar-refractivity contribution in [3.63, 3.8) is 0 Å². The zero-order chi connectivity index (χ0) is 13.9. The molecule has 0 aromatic rings. The first-order valence-electron chi connectivity index (χ1n) is 5.73.